The van der Waals surface area contributed by atoms with Crippen LogP contribution in [0.3, 0.4) is 0 Å². The molecule has 1 unspecified atom stereocenters. The molecule has 1 heterocycles. The molecule has 0 spiro atoms. The van der Waals surface area contributed by atoms with Gasteiger partial charge in [0.2, 0.25) is 0 Å². The zero-order valence-electron chi connectivity index (χ0n) is 10.9. The molecule has 1 atom stereocenters. The molecular weight excluding hydrogens is 226 g/mol. The summed E-state index contributed by atoms with van der Waals surface area (Å²) in [6.07, 6.45) is 1.74. The number of aromatic nitrogens is 4. The maximum Gasteiger partial charge on any atom is 0.175 e. The minimum Gasteiger partial charge on any atom is -0.330 e. The first-order valence-corrected chi connectivity index (χ1v) is 6.16. The highest BCUT2D eigenvalue weighted by Crippen LogP contribution is 2.15. The van der Waals surface area contributed by atoms with Crippen molar-refractivity contribution in [2.75, 3.05) is 6.54 Å². The SMILES string of the molecule is Cc1ccccc1CC(CN)Cc1nnn(C)n1. The van der Waals surface area contributed by atoms with Crippen molar-refractivity contribution in [2.45, 2.75) is 19.8 Å². The molecule has 0 aliphatic carbocycles. The Hall–Kier alpha value is -1.75. The zero-order chi connectivity index (χ0) is 13.0. The molecule has 2 N–H and O–H groups in total. The van der Waals surface area contributed by atoms with E-state index in [1.165, 1.54) is 15.9 Å². The zero-order valence-corrected chi connectivity index (χ0v) is 10.9. The summed E-state index contributed by atoms with van der Waals surface area (Å²) >= 11 is 0. The lowest BCUT2D eigenvalue weighted by molar-refractivity contribution is 0.515. The molecule has 0 saturated carbocycles. The number of hydrogen-bond donors (Lipinski definition) is 1. The number of nitrogens with two attached hydrogens (primary N) is 1. The van der Waals surface area contributed by atoms with E-state index >= 15 is 0 Å². The maximum atomic E-state index is 5.84. The lowest BCUT2D eigenvalue weighted by Gasteiger charge is -2.14. The van der Waals surface area contributed by atoms with Crippen molar-refractivity contribution in [1.82, 2.24) is 20.2 Å². The predicted molar refractivity (Wildman–Crippen MR) is 69.9 cm³/mol. The highest BCUT2D eigenvalue weighted by atomic mass is 15.6. The third kappa shape index (κ3) is 3.13. The minimum atomic E-state index is 0.357. The predicted octanol–water partition coefficient (Wildman–Crippen LogP) is 0.879. The van der Waals surface area contributed by atoms with Crippen LogP contribution >= 0.6 is 0 Å². The van der Waals surface area contributed by atoms with Gasteiger partial charge in [-0.2, -0.15) is 4.80 Å². The van der Waals surface area contributed by atoms with E-state index in [0.29, 0.717) is 12.5 Å². The quantitative estimate of drug-likeness (QED) is 0.849. The van der Waals surface area contributed by atoms with Gasteiger partial charge in [-0.3, -0.25) is 0 Å². The Labute approximate surface area is 107 Å². The van der Waals surface area contributed by atoms with Crippen LogP contribution in [-0.2, 0) is 19.9 Å². The standard InChI is InChI=1S/C13H19N5/c1-10-5-3-4-6-12(10)7-11(9-14)8-13-15-17-18(2)16-13/h3-6,11H,7-9,14H2,1-2H3. The Balaban J connectivity index is 2.04. The summed E-state index contributed by atoms with van der Waals surface area (Å²) in [4.78, 5) is 1.48. The van der Waals surface area contributed by atoms with Gasteiger partial charge in [-0.05, 0) is 42.1 Å². The van der Waals surface area contributed by atoms with Crippen LogP contribution in [0.1, 0.15) is 17.0 Å². The van der Waals surface area contributed by atoms with Gasteiger partial charge in [0.25, 0.3) is 0 Å². The summed E-state index contributed by atoms with van der Waals surface area (Å²) in [7, 11) is 1.77. The van der Waals surface area contributed by atoms with Crippen LogP contribution in [0, 0.1) is 12.8 Å². The van der Waals surface area contributed by atoms with E-state index in [-0.39, 0.29) is 0 Å². The molecule has 0 aliphatic heterocycles. The maximum absolute atomic E-state index is 5.84. The van der Waals surface area contributed by atoms with E-state index in [2.05, 4.69) is 46.6 Å². The highest BCUT2D eigenvalue weighted by molar-refractivity contribution is 5.26. The molecule has 18 heavy (non-hydrogen) atoms. The second-order valence-corrected chi connectivity index (χ2v) is 4.63. The Kier molecular flexibility index (Phi) is 4.04. The van der Waals surface area contributed by atoms with Gasteiger partial charge < -0.3 is 5.73 Å². The fraction of sp³-hybridized carbons (Fsp3) is 0.462. The Morgan fingerprint density at radius 1 is 1.28 bits per heavy atom. The molecule has 5 heteroatoms. The molecule has 0 radical (unpaired) electrons. The molecule has 2 rings (SSSR count). The van der Waals surface area contributed by atoms with Crippen molar-refractivity contribution >= 4 is 0 Å². The average Bonchev–Trinajstić information content (AvgIpc) is 2.76. The van der Waals surface area contributed by atoms with Crippen molar-refractivity contribution < 1.29 is 0 Å². The fourth-order valence-electron chi connectivity index (χ4n) is 2.05. The van der Waals surface area contributed by atoms with Crippen LogP contribution in [0.5, 0.6) is 0 Å². The average molecular weight is 245 g/mol. The molecular formula is C13H19N5. The number of hydrogen-bond acceptors (Lipinski definition) is 4. The Bertz CT molecular complexity index is 506. The van der Waals surface area contributed by atoms with Crippen LogP contribution in [0.2, 0.25) is 0 Å². The molecule has 0 aliphatic rings. The number of tetrazole rings is 1. The molecule has 0 bridgehead atoms. The van der Waals surface area contributed by atoms with E-state index in [4.69, 9.17) is 5.73 Å². The molecule has 5 nitrogen and oxygen atoms in total. The van der Waals surface area contributed by atoms with Crippen molar-refractivity contribution in [3.8, 4) is 0 Å². The second-order valence-electron chi connectivity index (χ2n) is 4.63. The van der Waals surface area contributed by atoms with Crippen LogP contribution in [0.4, 0.5) is 0 Å². The Morgan fingerprint density at radius 2 is 2.06 bits per heavy atom. The van der Waals surface area contributed by atoms with Gasteiger partial charge in [-0.15, -0.1) is 10.2 Å². The van der Waals surface area contributed by atoms with Gasteiger partial charge in [-0.25, -0.2) is 0 Å². The number of rotatable bonds is 5. The van der Waals surface area contributed by atoms with Gasteiger partial charge in [0, 0.05) is 6.42 Å². The van der Waals surface area contributed by atoms with Crippen LogP contribution in [0.15, 0.2) is 24.3 Å². The van der Waals surface area contributed by atoms with Crippen molar-refractivity contribution in [2.24, 2.45) is 18.7 Å². The van der Waals surface area contributed by atoms with E-state index in [1.807, 2.05) is 0 Å². The number of benzene rings is 1. The molecule has 1 aromatic carbocycles. The highest BCUT2D eigenvalue weighted by Gasteiger charge is 2.13. The van der Waals surface area contributed by atoms with Crippen LogP contribution in [-0.4, -0.2) is 26.8 Å². The Morgan fingerprint density at radius 3 is 2.67 bits per heavy atom. The first-order valence-electron chi connectivity index (χ1n) is 6.16. The molecule has 1 aromatic heterocycles. The molecule has 0 saturated heterocycles. The topological polar surface area (TPSA) is 69.6 Å². The van der Waals surface area contributed by atoms with E-state index in [0.717, 1.165) is 18.7 Å². The van der Waals surface area contributed by atoms with E-state index in [9.17, 15) is 0 Å². The lowest BCUT2D eigenvalue weighted by atomic mass is 9.93. The van der Waals surface area contributed by atoms with Crippen LogP contribution < -0.4 is 5.73 Å². The third-order valence-electron chi connectivity index (χ3n) is 3.12. The third-order valence-corrected chi connectivity index (χ3v) is 3.12. The summed E-state index contributed by atoms with van der Waals surface area (Å²) in [6.45, 7) is 2.76. The summed E-state index contributed by atoms with van der Waals surface area (Å²) in [5, 5.41) is 12.1. The van der Waals surface area contributed by atoms with Crippen LogP contribution in [0.25, 0.3) is 0 Å². The van der Waals surface area contributed by atoms with Gasteiger partial charge >= 0.3 is 0 Å². The minimum absolute atomic E-state index is 0.357. The molecule has 2 aromatic rings. The summed E-state index contributed by atoms with van der Waals surface area (Å²) < 4.78 is 0. The van der Waals surface area contributed by atoms with Gasteiger partial charge in [0.05, 0.1) is 7.05 Å². The second kappa shape index (κ2) is 5.73. The molecule has 96 valence electrons. The molecule has 0 amide bonds. The first-order chi connectivity index (χ1) is 8.69. The van der Waals surface area contributed by atoms with Crippen molar-refractivity contribution in [3.05, 3.63) is 41.2 Å². The summed E-state index contributed by atoms with van der Waals surface area (Å²) in [6, 6.07) is 8.41. The van der Waals surface area contributed by atoms with E-state index < -0.39 is 0 Å². The number of nitrogens with zero attached hydrogens (tertiary/aromatic N) is 4. The van der Waals surface area contributed by atoms with Gasteiger partial charge in [0.15, 0.2) is 5.82 Å². The number of aryl methyl sites for hydroxylation is 2. The van der Waals surface area contributed by atoms with Crippen molar-refractivity contribution in [3.63, 3.8) is 0 Å². The smallest absolute Gasteiger partial charge is 0.175 e. The van der Waals surface area contributed by atoms with Gasteiger partial charge in [-0.1, -0.05) is 24.3 Å². The normalized spacial score (nSPS) is 12.6. The first kappa shape index (κ1) is 12.7. The largest absolute Gasteiger partial charge is 0.330 e. The summed E-state index contributed by atoms with van der Waals surface area (Å²) in [5.41, 5.74) is 8.50. The van der Waals surface area contributed by atoms with E-state index in [1.54, 1.807) is 7.05 Å². The fourth-order valence-corrected chi connectivity index (χ4v) is 2.05. The monoisotopic (exact) mass is 245 g/mol. The molecule has 0 fully saturated rings. The summed E-state index contributed by atoms with van der Waals surface area (Å²) in [5.74, 6) is 1.12. The van der Waals surface area contributed by atoms with Gasteiger partial charge in [0.1, 0.15) is 0 Å². The van der Waals surface area contributed by atoms with Crippen molar-refractivity contribution in [1.29, 1.82) is 0 Å². The lowest BCUT2D eigenvalue weighted by Crippen LogP contribution is -2.20.